The highest BCUT2D eigenvalue weighted by molar-refractivity contribution is 5.94. The Morgan fingerprint density at radius 1 is 0.968 bits per heavy atom. The van der Waals surface area contributed by atoms with E-state index in [0.717, 1.165) is 18.6 Å². The summed E-state index contributed by atoms with van der Waals surface area (Å²) in [5.41, 5.74) is 1.89. The van der Waals surface area contributed by atoms with E-state index in [1.807, 2.05) is 48.2 Å². The molecule has 2 amide bonds. The first-order valence-corrected chi connectivity index (χ1v) is 11.0. The molecule has 2 aromatic carbocycles. The summed E-state index contributed by atoms with van der Waals surface area (Å²) in [6.07, 6.45) is 1.47. The maximum Gasteiger partial charge on any atom is 0.258 e. The lowest BCUT2D eigenvalue weighted by Gasteiger charge is -2.32. The third kappa shape index (κ3) is 6.48. The summed E-state index contributed by atoms with van der Waals surface area (Å²) in [7, 11) is 0. The zero-order chi connectivity index (χ0) is 22.2. The predicted molar refractivity (Wildman–Crippen MR) is 121 cm³/mol. The van der Waals surface area contributed by atoms with Crippen LogP contribution in [-0.4, -0.2) is 49.1 Å². The normalized spacial score (nSPS) is 14.4. The van der Waals surface area contributed by atoms with E-state index in [-0.39, 0.29) is 24.5 Å². The number of rotatable bonds is 8. The van der Waals surface area contributed by atoms with Gasteiger partial charge in [-0.25, -0.2) is 0 Å². The van der Waals surface area contributed by atoms with Gasteiger partial charge in [-0.2, -0.15) is 0 Å². The molecular weight excluding hydrogens is 392 g/mol. The van der Waals surface area contributed by atoms with Crippen molar-refractivity contribution >= 4 is 11.8 Å². The summed E-state index contributed by atoms with van der Waals surface area (Å²) in [6.45, 7) is 8.04. The predicted octanol–water partition coefficient (Wildman–Crippen LogP) is 4.01. The van der Waals surface area contributed by atoms with E-state index in [2.05, 4.69) is 19.2 Å². The fourth-order valence-electron chi connectivity index (χ4n) is 3.64. The van der Waals surface area contributed by atoms with Crippen LogP contribution in [0.5, 0.6) is 11.5 Å². The highest BCUT2D eigenvalue weighted by atomic mass is 16.5. The summed E-state index contributed by atoms with van der Waals surface area (Å²) in [6, 6.07) is 15.1. The van der Waals surface area contributed by atoms with Gasteiger partial charge in [0.15, 0.2) is 6.61 Å². The standard InChI is InChI=1S/C25H32N2O4/c1-4-30-22-11-7-20(8-12-22)25(29)27-15-13-21(14-16-27)26-24(28)17-31-23-9-5-19(6-10-23)18(2)3/h5-12,18,21H,4,13-17H2,1-3H3,(H,26,28). The van der Waals surface area contributed by atoms with Crippen LogP contribution < -0.4 is 14.8 Å². The first kappa shape index (κ1) is 22.7. The van der Waals surface area contributed by atoms with Crippen molar-refractivity contribution in [1.82, 2.24) is 10.2 Å². The molecule has 6 nitrogen and oxygen atoms in total. The van der Waals surface area contributed by atoms with E-state index in [1.165, 1.54) is 5.56 Å². The van der Waals surface area contributed by atoms with E-state index in [1.54, 1.807) is 12.1 Å². The van der Waals surface area contributed by atoms with Crippen molar-refractivity contribution in [2.24, 2.45) is 0 Å². The highest BCUT2D eigenvalue weighted by Crippen LogP contribution is 2.19. The van der Waals surface area contributed by atoms with Gasteiger partial charge in [0.25, 0.3) is 11.8 Å². The van der Waals surface area contributed by atoms with Gasteiger partial charge in [-0.05, 0) is 67.6 Å². The number of hydrogen-bond acceptors (Lipinski definition) is 4. The molecule has 0 spiro atoms. The van der Waals surface area contributed by atoms with Crippen LogP contribution >= 0.6 is 0 Å². The average molecular weight is 425 g/mol. The van der Waals surface area contributed by atoms with Gasteiger partial charge in [0.05, 0.1) is 6.61 Å². The van der Waals surface area contributed by atoms with Crippen LogP contribution in [0.25, 0.3) is 0 Å². The monoisotopic (exact) mass is 424 g/mol. The molecule has 0 aromatic heterocycles. The van der Waals surface area contributed by atoms with E-state index in [9.17, 15) is 9.59 Å². The molecule has 1 aliphatic heterocycles. The summed E-state index contributed by atoms with van der Waals surface area (Å²) < 4.78 is 11.0. The molecule has 6 heteroatoms. The molecule has 31 heavy (non-hydrogen) atoms. The third-order valence-corrected chi connectivity index (χ3v) is 5.48. The van der Waals surface area contributed by atoms with Crippen molar-refractivity contribution in [3.8, 4) is 11.5 Å². The lowest BCUT2D eigenvalue weighted by Crippen LogP contribution is -2.47. The first-order chi connectivity index (χ1) is 15.0. The summed E-state index contributed by atoms with van der Waals surface area (Å²) in [5.74, 6) is 1.80. The van der Waals surface area contributed by atoms with Gasteiger partial charge in [-0.1, -0.05) is 26.0 Å². The number of amides is 2. The molecule has 0 unspecified atom stereocenters. The number of carbonyl (C=O) groups is 2. The van der Waals surface area contributed by atoms with Gasteiger partial charge in [0.2, 0.25) is 0 Å². The molecule has 0 aliphatic carbocycles. The van der Waals surface area contributed by atoms with Crippen LogP contribution in [-0.2, 0) is 4.79 Å². The number of benzene rings is 2. The highest BCUT2D eigenvalue weighted by Gasteiger charge is 2.24. The molecule has 0 atom stereocenters. The van der Waals surface area contributed by atoms with Crippen LogP contribution in [0, 0.1) is 0 Å². The Kier molecular flexibility index (Phi) is 7.93. The zero-order valence-corrected chi connectivity index (χ0v) is 18.6. The van der Waals surface area contributed by atoms with Crippen molar-refractivity contribution in [2.75, 3.05) is 26.3 Å². The number of nitrogens with zero attached hydrogens (tertiary/aromatic N) is 1. The molecule has 0 saturated carbocycles. The third-order valence-electron chi connectivity index (χ3n) is 5.48. The smallest absolute Gasteiger partial charge is 0.258 e. The average Bonchev–Trinajstić information content (AvgIpc) is 2.79. The number of piperidine rings is 1. The lowest BCUT2D eigenvalue weighted by molar-refractivity contribution is -0.124. The van der Waals surface area contributed by atoms with Gasteiger partial charge in [-0.3, -0.25) is 9.59 Å². The molecule has 1 fully saturated rings. The van der Waals surface area contributed by atoms with Crippen molar-refractivity contribution in [3.63, 3.8) is 0 Å². The molecule has 1 heterocycles. The Bertz CT molecular complexity index is 854. The largest absolute Gasteiger partial charge is 0.494 e. The maximum atomic E-state index is 12.7. The molecule has 1 saturated heterocycles. The van der Waals surface area contributed by atoms with Crippen LogP contribution in [0.15, 0.2) is 48.5 Å². The SMILES string of the molecule is CCOc1ccc(C(=O)N2CCC(NC(=O)COc3ccc(C(C)C)cc3)CC2)cc1. The fraction of sp³-hybridized carbons (Fsp3) is 0.440. The minimum atomic E-state index is -0.135. The zero-order valence-electron chi connectivity index (χ0n) is 18.6. The lowest BCUT2D eigenvalue weighted by atomic mass is 10.0. The minimum absolute atomic E-state index is 0.00759. The number of likely N-dealkylation sites (tertiary alicyclic amines) is 1. The van der Waals surface area contributed by atoms with Gasteiger partial charge in [-0.15, -0.1) is 0 Å². The second-order valence-corrected chi connectivity index (χ2v) is 8.10. The second-order valence-electron chi connectivity index (χ2n) is 8.10. The summed E-state index contributed by atoms with van der Waals surface area (Å²) >= 11 is 0. The molecule has 166 valence electrons. The number of carbonyl (C=O) groups excluding carboxylic acids is 2. The number of nitrogens with one attached hydrogen (secondary N) is 1. The van der Waals surface area contributed by atoms with Crippen LogP contribution in [0.1, 0.15) is 55.5 Å². The van der Waals surface area contributed by atoms with Gasteiger partial charge < -0.3 is 19.7 Å². The molecule has 0 bridgehead atoms. The molecule has 1 N–H and O–H groups in total. The Balaban J connectivity index is 1.41. The Hall–Kier alpha value is -3.02. The second kappa shape index (κ2) is 10.8. The van der Waals surface area contributed by atoms with Crippen molar-refractivity contribution in [3.05, 3.63) is 59.7 Å². The molecule has 3 rings (SSSR count). The Morgan fingerprint density at radius 3 is 2.13 bits per heavy atom. The maximum absolute atomic E-state index is 12.7. The summed E-state index contributed by atoms with van der Waals surface area (Å²) in [5, 5.41) is 3.02. The van der Waals surface area contributed by atoms with Crippen molar-refractivity contribution < 1.29 is 19.1 Å². The minimum Gasteiger partial charge on any atom is -0.494 e. The topological polar surface area (TPSA) is 67.9 Å². The number of hydrogen-bond donors (Lipinski definition) is 1. The van der Waals surface area contributed by atoms with Gasteiger partial charge in [0.1, 0.15) is 11.5 Å². The molecular formula is C25H32N2O4. The Morgan fingerprint density at radius 2 is 1.55 bits per heavy atom. The van der Waals surface area contributed by atoms with Gasteiger partial charge in [0, 0.05) is 24.7 Å². The van der Waals surface area contributed by atoms with Crippen LogP contribution in [0.2, 0.25) is 0 Å². The van der Waals surface area contributed by atoms with E-state index in [4.69, 9.17) is 9.47 Å². The van der Waals surface area contributed by atoms with Crippen molar-refractivity contribution in [1.29, 1.82) is 0 Å². The van der Waals surface area contributed by atoms with E-state index in [0.29, 0.717) is 36.9 Å². The van der Waals surface area contributed by atoms with E-state index < -0.39 is 0 Å². The van der Waals surface area contributed by atoms with Crippen molar-refractivity contribution in [2.45, 2.75) is 45.6 Å². The Labute approximate surface area is 184 Å². The molecule has 1 aliphatic rings. The first-order valence-electron chi connectivity index (χ1n) is 11.0. The van der Waals surface area contributed by atoms with Crippen LogP contribution in [0.3, 0.4) is 0 Å². The van der Waals surface area contributed by atoms with E-state index >= 15 is 0 Å². The molecule has 0 radical (unpaired) electrons. The van der Waals surface area contributed by atoms with Gasteiger partial charge >= 0.3 is 0 Å². The number of ether oxygens (including phenoxy) is 2. The van der Waals surface area contributed by atoms with Crippen LogP contribution in [0.4, 0.5) is 0 Å². The quantitative estimate of drug-likeness (QED) is 0.695. The molecule has 2 aromatic rings. The fourth-order valence-corrected chi connectivity index (χ4v) is 3.64. The summed E-state index contributed by atoms with van der Waals surface area (Å²) in [4.78, 5) is 26.8.